The molecule has 0 radical (unpaired) electrons. The molecule has 0 aliphatic heterocycles. The molecule has 0 aliphatic rings. The highest BCUT2D eigenvalue weighted by atomic mass is 35.5. The maximum Gasteiger partial charge on any atom is 0.238 e. The summed E-state index contributed by atoms with van der Waals surface area (Å²) in [6, 6.07) is 12.7. The summed E-state index contributed by atoms with van der Waals surface area (Å²) < 4.78 is 0. The highest BCUT2D eigenvalue weighted by molar-refractivity contribution is 6.39. The summed E-state index contributed by atoms with van der Waals surface area (Å²) in [6.45, 7) is 2.19. The van der Waals surface area contributed by atoms with E-state index in [2.05, 4.69) is 5.32 Å². The van der Waals surface area contributed by atoms with Gasteiger partial charge in [-0.1, -0.05) is 59.1 Å². The van der Waals surface area contributed by atoms with Crippen LogP contribution in [0, 0.1) is 0 Å². The molecule has 2 rings (SSSR count). The molecule has 0 fully saturated rings. The summed E-state index contributed by atoms with van der Waals surface area (Å²) in [5.74, 6) is -0.193. The predicted molar refractivity (Wildman–Crippen MR) is 97.6 cm³/mol. The minimum Gasteiger partial charge on any atom is -0.322 e. The zero-order valence-corrected chi connectivity index (χ0v) is 15.1. The van der Waals surface area contributed by atoms with Gasteiger partial charge < -0.3 is 5.32 Å². The maximum atomic E-state index is 12.2. The average Bonchev–Trinajstić information content (AvgIpc) is 2.51. The van der Waals surface area contributed by atoms with Gasteiger partial charge in [0.25, 0.3) is 0 Å². The normalized spacial score (nSPS) is 12.3. The molecule has 1 unspecified atom stereocenters. The fourth-order valence-corrected chi connectivity index (χ4v) is 3.00. The van der Waals surface area contributed by atoms with Crippen LogP contribution in [-0.4, -0.2) is 24.4 Å². The van der Waals surface area contributed by atoms with Crippen LogP contribution in [0.4, 0.5) is 5.69 Å². The van der Waals surface area contributed by atoms with Crippen LogP contribution >= 0.6 is 34.8 Å². The topological polar surface area (TPSA) is 32.3 Å². The lowest BCUT2D eigenvalue weighted by molar-refractivity contribution is -0.117. The first-order chi connectivity index (χ1) is 10.9. The molecule has 3 nitrogen and oxygen atoms in total. The molecule has 1 amide bonds. The van der Waals surface area contributed by atoms with Crippen LogP contribution in [0.1, 0.15) is 18.5 Å². The number of nitrogens with zero attached hydrogens (tertiary/aromatic N) is 1. The summed E-state index contributed by atoms with van der Waals surface area (Å²) in [7, 11) is 1.86. The Bertz CT molecular complexity index is 686. The fraction of sp³-hybridized carbons (Fsp3) is 0.235. The van der Waals surface area contributed by atoms with E-state index in [9.17, 15) is 4.79 Å². The van der Waals surface area contributed by atoms with E-state index in [0.29, 0.717) is 20.8 Å². The van der Waals surface area contributed by atoms with E-state index in [-0.39, 0.29) is 18.5 Å². The van der Waals surface area contributed by atoms with Crippen molar-refractivity contribution in [2.75, 3.05) is 18.9 Å². The number of nitrogens with one attached hydrogen (secondary N) is 1. The number of anilines is 1. The van der Waals surface area contributed by atoms with Gasteiger partial charge in [0.15, 0.2) is 0 Å². The fourth-order valence-electron chi connectivity index (χ4n) is 2.21. The van der Waals surface area contributed by atoms with Crippen LogP contribution in [0.3, 0.4) is 0 Å². The quantitative estimate of drug-likeness (QED) is 0.775. The average molecular weight is 372 g/mol. The van der Waals surface area contributed by atoms with Gasteiger partial charge in [0.05, 0.1) is 22.3 Å². The molecule has 0 saturated carbocycles. The standard InChI is InChI=1S/C17H17Cl3N2O/c1-11(12-6-3-4-7-13(12)18)22(2)10-16(23)21-17-14(19)8-5-9-15(17)20/h3-9,11H,10H2,1-2H3,(H,21,23). The first kappa shape index (κ1) is 18.1. The van der Waals surface area contributed by atoms with E-state index in [1.165, 1.54) is 0 Å². The number of amides is 1. The van der Waals surface area contributed by atoms with Crippen LogP contribution in [0.15, 0.2) is 42.5 Å². The van der Waals surface area contributed by atoms with E-state index in [1.807, 2.05) is 43.1 Å². The van der Waals surface area contributed by atoms with Crippen molar-refractivity contribution in [3.8, 4) is 0 Å². The van der Waals surface area contributed by atoms with Crippen molar-refractivity contribution in [3.63, 3.8) is 0 Å². The molecule has 2 aromatic carbocycles. The van der Waals surface area contributed by atoms with Crippen molar-refractivity contribution < 1.29 is 4.79 Å². The first-order valence-electron chi connectivity index (χ1n) is 7.08. The minimum atomic E-state index is -0.193. The van der Waals surface area contributed by atoms with Crippen LogP contribution in [0.2, 0.25) is 15.1 Å². The Morgan fingerprint density at radius 1 is 1.04 bits per heavy atom. The Labute approximate surface area is 151 Å². The number of para-hydroxylation sites is 1. The van der Waals surface area contributed by atoms with Crippen molar-refractivity contribution in [2.24, 2.45) is 0 Å². The molecule has 0 bridgehead atoms. The first-order valence-corrected chi connectivity index (χ1v) is 8.22. The second-order valence-electron chi connectivity index (χ2n) is 5.26. The summed E-state index contributed by atoms with van der Waals surface area (Å²) >= 11 is 18.3. The lowest BCUT2D eigenvalue weighted by Gasteiger charge is -2.25. The van der Waals surface area contributed by atoms with Gasteiger partial charge in [0.2, 0.25) is 5.91 Å². The van der Waals surface area contributed by atoms with E-state index in [1.54, 1.807) is 18.2 Å². The molecule has 1 N–H and O–H groups in total. The summed E-state index contributed by atoms with van der Waals surface area (Å²) in [6.07, 6.45) is 0. The molecule has 0 heterocycles. The number of halogens is 3. The third-order valence-corrected chi connectivity index (χ3v) is 4.61. The molecule has 2 aromatic rings. The Hall–Kier alpha value is -1.26. The minimum absolute atomic E-state index is 0.00355. The van der Waals surface area contributed by atoms with Crippen molar-refractivity contribution in [2.45, 2.75) is 13.0 Å². The van der Waals surface area contributed by atoms with Crippen molar-refractivity contribution in [3.05, 3.63) is 63.1 Å². The number of hydrogen-bond donors (Lipinski definition) is 1. The number of carbonyl (C=O) groups excluding carboxylic acids is 1. The Morgan fingerprint density at radius 2 is 1.61 bits per heavy atom. The monoisotopic (exact) mass is 370 g/mol. The summed E-state index contributed by atoms with van der Waals surface area (Å²) in [4.78, 5) is 14.1. The number of rotatable bonds is 5. The number of likely N-dealkylation sites (N-methyl/N-ethyl adjacent to an activating group) is 1. The lowest BCUT2D eigenvalue weighted by Crippen LogP contribution is -2.32. The van der Waals surface area contributed by atoms with Gasteiger partial charge in [0.1, 0.15) is 0 Å². The van der Waals surface area contributed by atoms with Gasteiger partial charge in [-0.2, -0.15) is 0 Å². The molecule has 0 spiro atoms. The van der Waals surface area contributed by atoms with Gasteiger partial charge in [0, 0.05) is 11.1 Å². The molecular weight excluding hydrogens is 355 g/mol. The molecule has 0 aromatic heterocycles. The van der Waals surface area contributed by atoms with E-state index in [4.69, 9.17) is 34.8 Å². The zero-order valence-electron chi connectivity index (χ0n) is 12.8. The van der Waals surface area contributed by atoms with Crippen LogP contribution in [-0.2, 0) is 4.79 Å². The maximum absolute atomic E-state index is 12.2. The van der Waals surface area contributed by atoms with E-state index in [0.717, 1.165) is 5.56 Å². The molecule has 0 saturated heterocycles. The molecule has 0 aliphatic carbocycles. The van der Waals surface area contributed by atoms with Crippen LogP contribution in [0.25, 0.3) is 0 Å². The third kappa shape index (κ3) is 4.61. The molecule has 23 heavy (non-hydrogen) atoms. The predicted octanol–water partition coefficient (Wildman–Crippen LogP) is 5.28. The summed E-state index contributed by atoms with van der Waals surface area (Å²) in [5, 5.41) is 4.25. The SMILES string of the molecule is CC(c1ccccc1Cl)N(C)CC(=O)Nc1c(Cl)cccc1Cl. The largest absolute Gasteiger partial charge is 0.322 e. The van der Waals surface area contributed by atoms with Gasteiger partial charge in [-0.15, -0.1) is 0 Å². The van der Waals surface area contributed by atoms with Crippen molar-refractivity contribution in [1.82, 2.24) is 4.90 Å². The molecule has 6 heteroatoms. The Kier molecular flexibility index (Phi) is 6.31. The molecule has 122 valence electrons. The third-order valence-electron chi connectivity index (χ3n) is 3.64. The second-order valence-corrected chi connectivity index (χ2v) is 6.48. The molecule has 1 atom stereocenters. The lowest BCUT2D eigenvalue weighted by atomic mass is 10.1. The second kappa shape index (κ2) is 8.02. The van der Waals surface area contributed by atoms with Gasteiger partial charge >= 0.3 is 0 Å². The number of carbonyl (C=O) groups is 1. The van der Waals surface area contributed by atoms with Gasteiger partial charge in [-0.25, -0.2) is 0 Å². The van der Waals surface area contributed by atoms with E-state index < -0.39 is 0 Å². The smallest absolute Gasteiger partial charge is 0.238 e. The van der Waals surface area contributed by atoms with Gasteiger partial charge in [-0.3, -0.25) is 9.69 Å². The Morgan fingerprint density at radius 3 is 2.22 bits per heavy atom. The Balaban J connectivity index is 2.04. The van der Waals surface area contributed by atoms with E-state index >= 15 is 0 Å². The number of benzene rings is 2. The zero-order chi connectivity index (χ0) is 17.0. The van der Waals surface area contributed by atoms with Crippen molar-refractivity contribution in [1.29, 1.82) is 0 Å². The highest BCUT2D eigenvalue weighted by Gasteiger charge is 2.18. The van der Waals surface area contributed by atoms with Crippen molar-refractivity contribution >= 4 is 46.4 Å². The number of hydrogen-bond acceptors (Lipinski definition) is 2. The molecular formula is C17H17Cl3N2O. The van der Waals surface area contributed by atoms with Crippen LogP contribution in [0.5, 0.6) is 0 Å². The van der Waals surface area contributed by atoms with Crippen LogP contribution < -0.4 is 5.32 Å². The highest BCUT2D eigenvalue weighted by Crippen LogP contribution is 2.30. The summed E-state index contributed by atoms with van der Waals surface area (Å²) in [5.41, 5.74) is 1.40. The van der Waals surface area contributed by atoms with Gasteiger partial charge in [-0.05, 0) is 37.7 Å².